The predicted octanol–water partition coefficient (Wildman–Crippen LogP) is 3.52. The number of rotatable bonds is 8. The zero-order chi connectivity index (χ0) is 13.4. The van der Waals surface area contributed by atoms with Crippen molar-refractivity contribution in [3.63, 3.8) is 0 Å². The van der Waals surface area contributed by atoms with Crippen LogP contribution in [-0.2, 0) is 0 Å². The molecule has 1 fully saturated rings. The van der Waals surface area contributed by atoms with E-state index < -0.39 is 0 Å². The lowest BCUT2D eigenvalue weighted by atomic mass is 9.76. The molecule has 0 bridgehead atoms. The first-order valence-electron chi connectivity index (χ1n) is 8.14. The van der Waals surface area contributed by atoms with Gasteiger partial charge in [-0.1, -0.05) is 33.6 Å². The fourth-order valence-corrected chi connectivity index (χ4v) is 3.41. The minimum atomic E-state index is 0.753. The first kappa shape index (κ1) is 16.0. The van der Waals surface area contributed by atoms with Gasteiger partial charge in [-0.05, 0) is 57.7 Å². The van der Waals surface area contributed by atoms with Gasteiger partial charge in [0.2, 0.25) is 0 Å². The van der Waals surface area contributed by atoms with E-state index >= 15 is 0 Å². The van der Waals surface area contributed by atoms with E-state index in [1.54, 1.807) is 0 Å². The molecule has 0 radical (unpaired) electrons. The van der Waals surface area contributed by atoms with E-state index in [1.807, 2.05) is 0 Å². The molecule has 2 nitrogen and oxygen atoms in total. The van der Waals surface area contributed by atoms with Crippen molar-refractivity contribution in [1.29, 1.82) is 0 Å². The standard InChI is InChI=1S/C16H34N2/c1-5-8-11-18(7-3)13-15-12-14(6-2)9-10-16(15)17-4/h14-17H,5-13H2,1-4H3. The van der Waals surface area contributed by atoms with Gasteiger partial charge < -0.3 is 10.2 Å². The third-order valence-electron chi connectivity index (χ3n) is 4.81. The molecule has 0 spiro atoms. The van der Waals surface area contributed by atoms with Crippen LogP contribution in [0.15, 0.2) is 0 Å². The predicted molar refractivity (Wildman–Crippen MR) is 81.0 cm³/mol. The molecule has 3 unspecified atom stereocenters. The van der Waals surface area contributed by atoms with Crippen molar-refractivity contribution in [3.05, 3.63) is 0 Å². The average Bonchev–Trinajstić information content (AvgIpc) is 2.43. The highest BCUT2D eigenvalue weighted by Gasteiger charge is 2.29. The van der Waals surface area contributed by atoms with Crippen molar-refractivity contribution in [2.45, 2.75) is 65.3 Å². The third kappa shape index (κ3) is 4.89. The Kier molecular flexibility index (Phi) is 7.92. The largest absolute Gasteiger partial charge is 0.317 e. The molecule has 2 heteroatoms. The van der Waals surface area contributed by atoms with Crippen molar-refractivity contribution in [3.8, 4) is 0 Å². The second-order valence-electron chi connectivity index (χ2n) is 5.99. The van der Waals surface area contributed by atoms with Crippen LogP contribution in [0.3, 0.4) is 0 Å². The Morgan fingerprint density at radius 3 is 2.50 bits per heavy atom. The van der Waals surface area contributed by atoms with E-state index in [9.17, 15) is 0 Å². The number of hydrogen-bond donors (Lipinski definition) is 1. The van der Waals surface area contributed by atoms with E-state index in [4.69, 9.17) is 0 Å². The molecule has 0 aromatic carbocycles. The van der Waals surface area contributed by atoms with Crippen molar-refractivity contribution >= 4 is 0 Å². The van der Waals surface area contributed by atoms with Crippen LogP contribution in [0.2, 0.25) is 0 Å². The lowest BCUT2D eigenvalue weighted by Gasteiger charge is -2.38. The number of nitrogens with one attached hydrogen (secondary N) is 1. The Morgan fingerprint density at radius 2 is 1.94 bits per heavy atom. The lowest BCUT2D eigenvalue weighted by Crippen LogP contribution is -2.44. The summed E-state index contributed by atoms with van der Waals surface area (Å²) in [6.07, 6.45) is 8.28. The van der Waals surface area contributed by atoms with Gasteiger partial charge in [0.25, 0.3) is 0 Å². The first-order chi connectivity index (χ1) is 8.74. The quantitative estimate of drug-likeness (QED) is 0.713. The summed E-state index contributed by atoms with van der Waals surface area (Å²) in [7, 11) is 2.15. The van der Waals surface area contributed by atoms with Crippen molar-refractivity contribution < 1.29 is 0 Å². The van der Waals surface area contributed by atoms with Crippen LogP contribution in [0, 0.1) is 11.8 Å². The molecule has 1 aliphatic rings. The second kappa shape index (κ2) is 8.92. The Morgan fingerprint density at radius 1 is 1.17 bits per heavy atom. The van der Waals surface area contributed by atoms with Crippen LogP contribution in [0.25, 0.3) is 0 Å². The average molecular weight is 254 g/mol. The zero-order valence-corrected chi connectivity index (χ0v) is 13.0. The molecular formula is C16H34N2. The van der Waals surface area contributed by atoms with Crippen LogP contribution in [0.4, 0.5) is 0 Å². The molecule has 1 aliphatic carbocycles. The molecule has 0 aromatic heterocycles. The maximum atomic E-state index is 3.56. The summed E-state index contributed by atoms with van der Waals surface area (Å²) in [4.78, 5) is 2.66. The summed E-state index contributed by atoms with van der Waals surface area (Å²) in [6.45, 7) is 10.8. The van der Waals surface area contributed by atoms with Crippen LogP contribution >= 0.6 is 0 Å². The number of unbranched alkanes of at least 4 members (excludes halogenated alkanes) is 1. The van der Waals surface area contributed by atoms with E-state index in [2.05, 4.69) is 38.0 Å². The molecule has 1 rings (SSSR count). The molecule has 3 atom stereocenters. The lowest BCUT2D eigenvalue weighted by molar-refractivity contribution is 0.143. The van der Waals surface area contributed by atoms with Gasteiger partial charge in [0, 0.05) is 12.6 Å². The molecule has 1 saturated carbocycles. The van der Waals surface area contributed by atoms with Crippen LogP contribution in [-0.4, -0.2) is 37.6 Å². The zero-order valence-electron chi connectivity index (χ0n) is 13.0. The Hall–Kier alpha value is -0.0800. The van der Waals surface area contributed by atoms with Crippen molar-refractivity contribution in [2.75, 3.05) is 26.7 Å². The van der Waals surface area contributed by atoms with Crippen LogP contribution in [0.1, 0.15) is 59.3 Å². The topological polar surface area (TPSA) is 15.3 Å². The molecule has 0 heterocycles. The summed E-state index contributed by atoms with van der Waals surface area (Å²) < 4.78 is 0. The van der Waals surface area contributed by atoms with Gasteiger partial charge in [-0.3, -0.25) is 0 Å². The van der Waals surface area contributed by atoms with Crippen LogP contribution < -0.4 is 5.32 Å². The van der Waals surface area contributed by atoms with E-state index in [-0.39, 0.29) is 0 Å². The summed E-state index contributed by atoms with van der Waals surface area (Å²) in [5.74, 6) is 1.84. The second-order valence-corrected chi connectivity index (χ2v) is 5.99. The molecule has 0 amide bonds. The highest BCUT2D eigenvalue weighted by atomic mass is 15.1. The normalized spacial score (nSPS) is 28.8. The van der Waals surface area contributed by atoms with Gasteiger partial charge in [-0.25, -0.2) is 0 Å². The van der Waals surface area contributed by atoms with Crippen molar-refractivity contribution in [1.82, 2.24) is 10.2 Å². The Bertz CT molecular complexity index is 205. The number of hydrogen-bond acceptors (Lipinski definition) is 2. The fraction of sp³-hybridized carbons (Fsp3) is 1.00. The molecule has 0 aromatic rings. The van der Waals surface area contributed by atoms with Gasteiger partial charge in [-0.2, -0.15) is 0 Å². The first-order valence-corrected chi connectivity index (χ1v) is 8.14. The van der Waals surface area contributed by atoms with Crippen molar-refractivity contribution in [2.24, 2.45) is 11.8 Å². The molecule has 0 aliphatic heterocycles. The summed E-state index contributed by atoms with van der Waals surface area (Å²) in [5, 5.41) is 3.56. The maximum Gasteiger partial charge on any atom is 0.0105 e. The highest BCUT2D eigenvalue weighted by molar-refractivity contribution is 4.85. The SMILES string of the molecule is CCCCN(CC)CC1CC(CC)CCC1NC. The minimum Gasteiger partial charge on any atom is -0.317 e. The highest BCUT2D eigenvalue weighted by Crippen LogP contribution is 2.31. The van der Waals surface area contributed by atoms with E-state index in [1.165, 1.54) is 58.2 Å². The molecular weight excluding hydrogens is 220 g/mol. The Balaban J connectivity index is 2.47. The van der Waals surface area contributed by atoms with Gasteiger partial charge in [0.1, 0.15) is 0 Å². The van der Waals surface area contributed by atoms with Gasteiger partial charge in [0.15, 0.2) is 0 Å². The Labute approximate surface area is 115 Å². The van der Waals surface area contributed by atoms with E-state index in [0.29, 0.717) is 0 Å². The molecule has 0 saturated heterocycles. The van der Waals surface area contributed by atoms with Gasteiger partial charge in [0.05, 0.1) is 0 Å². The number of nitrogens with zero attached hydrogens (tertiary/aromatic N) is 1. The van der Waals surface area contributed by atoms with E-state index in [0.717, 1.165) is 17.9 Å². The third-order valence-corrected chi connectivity index (χ3v) is 4.81. The van der Waals surface area contributed by atoms with Crippen LogP contribution in [0.5, 0.6) is 0 Å². The fourth-order valence-electron chi connectivity index (χ4n) is 3.41. The maximum absolute atomic E-state index is 3.56. The smallest absolute Gasteiger partial charge is 0.0105 e. The molecule has 108 valence electrons. The summed E-state index contributed by atoms with van der Waals surface area (Å²) in [5.41, 5.74) is 0. The summed E-state index contributed by atoms with van der Waals surface area (Å²) in [6, 6.07) is 0.753. The minimum absolute atomic E-state index is 0.753. The summed E-state index contributed by atoms with van der Waals surface area (Å²) >= 11 is 0. The monoisotopic (exact) mass is 254 g/mol. The van der Waals surface area contributed by atoms with Gasteiger partial charge in [-0.15, -0.1) is 0 Å². The molecule has 18 heavy (non-hydrogen) atoms. The molecule has 1 N–H and O–H groups in total. The van der Waals surface area contributed by atoms with Gasteiger partial charge >= 0.3 is 0 Å².